The van der Waals surface area contributed by atoms with Crippen LogP contribution in [0.15, 0.2) is 35.3 Å². The first-order valence-corrected chi connectivity index (χ1v) is 4.70. The van der Waals surface area contributed by atoms with Crippen LogP contribution < -0.4 is 0 Å². The second-order valence-electron chi connectivity index (χ2n) is 2.69. The SMILES string of the molecule is O=Cc1cc(Br)ccc1-n1cnnc1. The van der Waals surface area contributed by atoms with Crippen molar-refractivity contribution in [3.05, 3.63) is 40.9 Å². The molecule has 0 bridgehead atoms. The maximum absolute atomic E-state index is 10.8. The summed E-state index contributed by atoms with van der Waals surface area (Å²) in [5, 5.41) is 7.36. The van der Waals surface area contributed by atoms with Crippen LogP contribution in [-0.2, 0) is 0 Å². The Balaban J connectivity index is 2.58. The number of nitrogens with zero attached hydrogens (tertiary/aromatic N) is 3. The van der Waals surface area contributed by atoms with Crippen molar-refractivity contribution in [3.63, 3.8) is 0 Å². The van der Waals surface area contributed by atoms with E-state index in [2.05, 4.69) is 26.1 Å². The van der Waals surface area contributed by atoms with Gasteiger partial charge in [0.25, 0.3) is 0 Å². The fourth-order valence-corrected chi connectivity index (χ4v) is 1.56. The van der Waals surface area contributed by atoms with Gasteiger partial charge in [0.2, 0.25) is 0 Å². The molecule has 1 aromatic heterocycles. The molecular weight excluding hydrogens is 246 g/mol. The first-order chi connectivity index (χ1) is 6.81. The number of carbonyl (C=O) groups is 1. The van der Waals surface area contributed by atoms with Crippen molar-refractivity contribution in [2.45, 2.75) is 0 Å². The van der Waals surface area contributed by atoms with Gasteiger partial charge in [0.05, 0.1) is 5.69 Å². The molecule has 14 heavy (non-hydrogen) atoms. The van der Waals surface area contributed by atoms with Crippen LogP contribution in [-0.4, -0.2) is 21.1 Å². The Hall–Kier alpha value is -1.49. The van der Waals surface area contributed by atoms with Crippen LogP contribution in [0.4, 0.5) is 0 Å². The third kappa shape index (κ3) is 1.58. The molecule has 0 unspecified atom stereocenters. The molecule has 0 radical (unpaired) electrons. The molecule has 1 heterocycles. The Kier molecular flexibility index (Phi) is 2.41. The van der Waals surface area contributed by atoms with E-state index in [9.17, 15) is 4.79 Å². The summed E-state index contributed by atoms with van der Waals surface area (Å²) in [5.41, 5.74) is 1.37. The third-order valence-corrected chi connectivity index (χ3v) is 2.31. The van der Waals surface area contributed by atoms with Crippen LogP contribution in [0, 0.1) is 0 Å². The number of benzene rings is 1. The van der Waals surface area contributed by atoms with E-state index in [0.29, 0.717) is 5.56 Å². The molecule has 2 rings (SSSR count). The largest absolute Gasteiger partial charge is 0.298 e. The van der Waals surface area contributed by atoms with E-state index in [1.807, 2.05) is 12.1 Å². The van der Waals surface area contributed by atoms with Gasteiger partial charge in [-0.25, -0.2) is 0 Å². The van der Waals surface area contributed by atoms with Gasteiger partial charge in [-0.3, -0.25) is 9.36 Å². The Bertz CT molecular complexity index is 453. The van der Waals surface area contributed by atoms with Crippen LogP contribution in [0.1, 0.15) is 10.4 Å². The summed E-state index contributed by atoms with van der Waals surface area (Å²) < 4.78 is 2.56. The van der Waals surface area contributed by atoms with Crippen molar-refractivity contribution < 1.29 is 4.79 Å². The van der Waals surface area contributed by atoms with Gasteiger partial charge in [-0.1, -0.05) is 15.9 Å². The summed E-state index contributed by atoms with van der Waals surface area (Å²) in [4.78, 5) is 10.8. The maximum Gasteiger partial charge on any atom is 0.152 e. The average molecular weight is 252 g/mol. The highest BCUT2D eigenvalue weighted by Crippen LogP contribution is 2.18. The minimum Gasteiger partial charge on any atom is -0.298 e. The van der Waals surface area contributed by atoms with Crippen molar-refractivity contribution in [1.82, 2.24) is 14.8 Å². The van der Waals surface area contributed by atoms with Gasteiger partial charge in [-0.2, -0.15) is 0 Å². The van der Waals surface area contributed by atoms with Crippen LogP contribution in [0.2, 0.25) is 0 Å². The lowest BCUT2D eigenvalue weighted by molar-refractivity contribution is 0.112. The minimum atomic E-state index is 0.596. The van der Waals surface area contributed by atoms with Crippen molar-refractivity contribution >= 4 is 22.2 Å². The lowest BCUT2D eigenvalue weighted by atomic mass is 10.2. The van der Waals surface area contributed by atoms with E-state index >= 15 is 0 Å². The standard InChI is InChI=1S/C9H6BrN3O/c10-8-1-2-9(7(3-8)4-14)13-5-11-12-6-13/h1-6H. The zero-order chi connectivity index (χ0) is 9.97. The van der Waals surface area contributed by atoms with E-state index < -0.39 is 0 Å². The monoisotopic (exact) mass is 251 g/mol. The molecule has 2 aromatic rings. The topological polar surface area (TPSA) is 47.8 Å². The summed E-state index contributed by atoms with van der Waals surface area (Å²) in [5.74, 6) is 0. The summed E-state index contributed by atoms with van der Waals surface area (Å²) in [7, 11) is 0. The number of aldehydes is 1. The molecule has 0 spiro atoms. The van der Waals surface area contributed by atoms with Gasteiger partial charge in [-0.15, -0.1) is 10.2 Å². The average Bonchev–Trinajstić information content (AvgIpc) is 2.70. The fraction of sp³-hybridized carbons (Fsp3) is 0. The molecule has 4 nitrogen and oxygen atoms in total. The van der Waals surface area contributed by atoms with Crippen LogP contribution in [0.3, 0.4) is 0 Å². The van der Waals surface area contributed by atoms with E-state index in [1.54, 1.807) is 23.3 Å². The second-order valence-corrected chi connectivity index (χ2v) is 3.61. The van der Waals surface area contributed by atoms with E-state index in [1.165, 1.54) is 0 Å². The summed E-state index contributed by atoms with van der Waals surface area (Å²) in [6.07, 6.45) is 3.91. The van der Waals surface area contributed by atoms with E-state index in [0.717, 1.165) is 16.4 Å². The van der Waals surface area contributed by atoms with Gasteiger partial charge in [-0.05, 0) is 18.2 Å². The Labute approximate surface area is 88.7 Å². The summed E-state index contributed by atoms with van der Waals surface area (Å²) >= 11 is 3.30. The zero-order valence-electron chi connectivity index (χ0n) is 7.09. The van der Waals surface area contributed by atoms with E-state index in [-0.39, 0.29) is 0 Å². The fourth-order valence-electron chi connectivity index (χ4n) is 1.18. The number of halogens is 1. The van der Waals surface area contributed by atoms with Gasteiger partial charge < -0.3 is 0 Å². The van der Waals surface area contributed by atoms with Crippen LogP contribution in [0.25, 0.3) is 5.69 Å². The molecule has 1 aromatic carbocycles. The second kappa shape index (κ2) is 3.71. The third-order valence-electron chi connectivity index (χ3n) is 1.81. The zero-order valence-corrected chi connectivity index (χ0v) is 8.68. The lowest BCUT2D eigenvalue weighted by Crippen LogP contribution is -1.96. The lowest BCUT2D eigenvalue weighted by Gasteiger charge is -2.04. The number of hydrogen-bond donors (Lipinski definition) is 0. The molecule has 0 atom stereocenters. The highest BCUT2D eigenvalue weighted by atomic mass is 79.9. The first kappa shape index (κ1) is 9.08. The molecular formula is C9H6BrN3O. The first-order valence-electron chi connectivity index (χ1n) is 3.91. The Morgan fingerprint density at radius 2 is 2.00 bits per heavy atom. The Morgan fingerprint density at radius 3 is 2.64 bits per heavy atom. The summed E-state index contributed by atoms with van der Waals surface area (Å²) in [6.45, 7) is 0. The van der Waals surface area contributed by atoms with Gasteiger partial charge >= 0.3 is 0 Å². The number of rotatable bonds is 2. The molecule has 0 aliphatic heterocycles. The van der Waals surface area contributed by atoms with Crippen molar-refractivity contribution in [1.29, 1.82) is 0 Å². The smallest absolute Gasteiger partial charge is 0.152 e. The van der Waals surface area contributed by atoms with Crippen LogP contribution in [0.5, 0.6) is 0 Å². The number of carbonyl (C=O) groups excluding carboxylic acids is 1. The molecule has 0 fully saturated rings. The van der Waals surface area contributed by atoms with Gasteiger partial charge in [0, 0.05) is 10.0 Å². The van der Waals surface area contributed by atoms with Crippen molar-refractivity contribution in [2.75, 3.05) is 0 Å². The molecule has 70 valence electrons. The molecule has 0 saturated carbocycles. The number of aromatic nitrogens is 3. The predicted octanol–water partition coefficient (Wildman–Crippen LogP) is 1.84. The quantitative estimate of drug-likeness (QED) is 0.766. The van der Waals surface area contributed by atoms with Crippen LogP contribution >= 0.6 is 15.9 Å². The summed E-state index contributed by atoms with van der Waals surface area (Å²) in [6, 6.07) is 5.45. The molecule has 0 saturated heterocycles. The molecule has 0 amide bonds. The molecule has 5 heteroatoms. The van der Waals surface area contributed by atoms with Gasteiger partial charge in [0.1, 0.15) is 12.7 Å². The minimum absolute atomic E-state index is 0.596. The van der Waals surface area contributed by atoms with Gasteiger partial charge in [0.15, 0.2) is 6.29 Å². The Morgan fingerprint density at radius 1 is 1.29 bits per heavy atom. The molecule has 0 aliphatic rings. The van der Waals surface area contributed by atoms with Crippen molar-refractivity contribution in [2.24, 2.45) is 0 Å². The maximum atomic E-state index is 10.8. The van der Waals surface area contributed by atoms with E-state index in [4.69, 9.17) is 0 Å². The highest BCUT2D eigenvalue weighted by molar-refractivity contribution is 9.10. The molecule has 0 aliphatic carbocycles. The molecule has 0 N–H and O–H groups in total. The highest BCUT2D eigenvalue weighted by Gasteiger charge is 2.03. The number of hydrogen-bond acceptors (Lipinski definition) is 3. The van der Waals surface area contributed by atoms with Crippen molar-refractivity contribution in [3.8, 4) is 5.69 Å². The normalized spacial score (nSPS) is 10.1. The predicted molar refractivity (Wildman–Crippen MR) is 54.4 cm³/mol.